The van der Waals surface area contributed by atoms with Crippen LogP contribution in [-0.2, 0) is 22.3 Å². The fraction of sp³-hybridized carbons (Fsp3) is 0.581. The predicted molar refractivity (Wildman–Crippen MR) is 159 cm³/mol. The molecular weight excluding hydrogens is 518 g/mol. The Morgan fingerprint density at radius 1 is 1.22 bits per heavy atom. The number of nitrogens with zero attached hydrogens (tertiary/aromatic N) is 5. The molecule has 3 unspecified atom stereocenters. The first-order valence-electron chi connectivity index (χ1n) is 14.8. The molecule has 5 N–H and O–H groups in total. The standard InChI is InChI=1S/C31H43N7O3/c1-18(2)37(15-25-27(39)31(40,16-41-25)38-11-10-22-28(32)33-17-34-29(22)38)21-12-19(13-21)6-9-26-35-23-8-7-20(30(3,4)5)14-24(23)36-26/h7-8,10-11,14,17-19,21,25,27,39-40H,6,9,12-13,15-16H2,1-5H3,(H,35,36)(H2,32,33,34). The number of aromatic nitrogens is 5. The molecule has 41 heavy (non-hydrogen) atoms. The summed E-state index contributed by atoms with van der Waals surface area (Å²) in [6.45, 7) is 11.6. The average molecular weight is 562 g/mol. The molecule has 0 amide bonds. The van der Waals surface area contributed by atoms with Crippen molar-refractivity contribution >= 4 is 27.9 Å². The lowest BCUT2D eigenvalue weighted by atomic mass is 9.76. The number of rotatable bonds is 8. The highest BCUT2D eigenvalue weighted by molar-refractivity contribution is 5.86. The second-order valence-electron chi connectivity index (χ2n) is 13.3. The first kappa shape index (κ1) is 28.1. The van der Waals surface area contributed by atoms with E-state index in [9.17, 15) is 10.2 Å². The number of hydrogen-bond donors (Lipinski definition) is 4. The minimum Gasteiger partial charge on any atom is -0.385 e. The van der Waals surface area contributed by atoms with Crippen LogP contribution in [0.2, 0.25) is 0 Å². The predicted octanol–water partition coefficient (Wildman–Crippen LogP) is 3.71. The van der Waals surface area contributed by atoms with E-state index in [1.165, 1.54) is 11.9 Å². The van der Waals surface area contributed by atoms with Gasteiger partial charge < -0.3 is 25.7 Å². The van der Waals surface area contributed by atoms with Gasteiger partial charge in [0.1, 0.15) is 35.8 Å². The van der Waals surface area contributed by atoms with Crippen LogP contribution in [0.5, 0.6) is 0 Å². The molecule has 3 aromatic heterocycles. The second-order valence-corrected chi connectivity index (χ2v) is 13.3. The Balaban J connectivity index is 1.06. The Labute approximate surface area is 240 Å². The minimum absolute atomic E-state index is 0.0273. The van der Waals surface area contributed by atoms with Crippen molar-refractivity contribution in [3.8, 4) is 0 Å². The number of nitrogens with two attached hydrogens (primary N) is 1. The lowest BCUT2D eigenvalue weighted by Crippen LogP contribution is -2.54. The van der Waals surface area contributed by atoms with Crippen LogP contribution in [0, 0.1) is 5.92 Å². The van der Waals surface area contributed by atoms with Crippen LogP contribution in [0.15, 0.2) is 36.8 Å². The molecular formula is C31H43N7O3. The van der Waals surface area contributed by atoms with Gasteiger partial charge in [-0.3, -0.25) is 9.47 Å². The van der Waals surface area contributed by atoms with Crippen LogP contribution in [0.1, 0.15) is 65.3 Å². The Morgan fingerprint density at radius 2 is 2.00 bits per heavy atom. The number of hydrogen-bond acceptors (Lipinski definition) is 8. The molecule has 10 heteroatoms. The van der Waals surface area contributed by atoms with Gasteiger partial charge in [0.25, 0.3) is 0 Å². The Kier molecular flexibility index (Phi) is 7.09. The molecule has 4 aromatic rings. The molecule has 0 spiro atoms. The minimum atomic E-state index is -1.63. The summed E-state index contributed by atoms with van der Waals surface area (Å²) in [5.74, 6) is 2.03. The van der Waals surface area contributed by atoms with Gasteiger partial charge >= 0.3 is 0 Å². The number of benzene rings is 1. The van der Waals surface area contributed by atoms with Crippen molar-refractivity contribution in [1.82, 2.24) is 29.4 Å². The first-order chi connectivity index (χ1) is 19.4. The highest BCUT2D eigenvalue weighted by Gasteiger charge is 2.51. The van der Waals surface area contributed by atoms with E-state index >= 15 is 0 Å². The molecule has 4 heterocycles. The third kappa shape index (κ3) is 5.11. The number of anilines is 1. The quantitative estimate of drug-likeness (QED) is 0.255. The van der Waals surface area contributed by atoms with Crippen molar-refractivity contribution in [2.75, 3.05) is 18.9 Å². The van der Waals surface area contributed by atoms with E-state index in [4.69, 9.17) is 15.5 Å². The molecule has 3 atom stereocenters. The number of fused-ring (bicyclic) bond motifs is 2. The van der Waals surface area contributed by atoms with Crippen LogP contribution in [0.4, 0.5) is 5.82 Å². The van der Waals surface area contributed by atoms with Crippen LogP contribution < -0.4 is 5.73 Å². The summed E-state index contributed by atoms with van der Waals surface area (Å²) in [7, 11) is 0. The maximum absolute atomic E-state index is 11.5. The lowest BCUT2D eigenvalue weighted by Gasteiger charge is -2.46. The molecule has 1 saturated carbocycles. The molecule has 220 valence electrons. The number of aliphatic hydroxyl groups excluding tert-OH is 1. The largest absolute Gasteiger partial charge is 0.385 e. The second kappa shape index (κ2) is 10.3. The number of nitrogen functional groups attached to an aromatic ring is 1. The fourth-order valence-electron chi connectivity index (χ4n) is 6.54. The van der Waals surface area contributed by atoms with E-state index in [0.717, 1.165) is 42.5 Å². The van der Waals surface area contributed by atoms with Crippen LogP contribution in [0.3, 0.4) is 0 Å². The van der Waals surface area contributed by atoms with Gasteiger partial charge in [-0.1, -0.05) is 26.8 Å². The normalized spacial score (nSPS) is 27.0. The van der Waals surface area contributed by atoms with E-state index in [1.807, 2.05) is 0 Å². The summed E-state index contributed by atoms with van der Waals surface area (Å²) in [6.07, 6.45) is 5.67. The number of nitrogens with one attached hydrogen (secondary N) is 1. The van der Waals surface area contributed by atoms with E-state index in [2.05, 4.69) is 72.7 Å². The lowest BCUT2D eigenvalue weighted by molar-refractivity contribution is -0.110. The Hall–Kier alpha value is -3.05. The van der Waals surface area contributed by atoms with Gasteiger partial charge in [0, 0.05) is 31.2 Å². The zero-order valence-corrected chi connectivity index (χ0v) is 24.7. The maximum atomic E-state index is 11.5. The van der Waals surface area contributed by atoms with Crippen LogP contribution in [0.25, 0.3) is 22.1 Å². The van der Waals surface area contributed by atoms with E-state index in [1.54, 1.807) is 16.8 Å². The molecule has 0 bridgehead atoms. The fourth-order valence-corrected chi connectivity index (χ4v) is 6.54. The van der Waals surface area contributed by atoms with E-state index in [-0.39, 0.29) is 18.1 Å². The summed E-state index contributed by atoms with van der Waals surface area (Å²) < 4.78 is 7.59. The van der Waals surface area contributed by atoms with Gasteiger partial charge in [-0.2, -0.15) is 0 Å². The highest BCUT2D eigenvalue weighted by atomic mass is 16.5. The van der Waals surface area contributed by atoms with Gasteiger partial charge in [-0.25, -0.2) is 15.0 Å². The summed E-state index contributed by atoms with van der Waals surface area (Å²) in [5.41, 5.74) is 8.40. The SMILES string of the molecule is CC(C)N(CC1OCC(O)(n2ccc3c(N)ncnc32)C1O)C1CC(CCc2nc3ccc(C(C)(C)C)cc3[nH]2)C1. The molecule has 0 radical (unpaired) electrons. The molecule has 1 saturated heterocycles. The molecule has 2 fully saturated rings. The van der Waals surface area contributed by atoms with Crippen molar-refractivity contribution in [1.29, 1.82) is 0 Å². The van der Waals surface area contributed by atoms with Gasteiger partial charge in [0.2, 0.25) is 0 Å². The number of imidazole rings is 1. The third-order valence-electron chi connectivity index (χ3n) is 9.19. The maximum Gasteiger partial charge on any atom is 0.195 e. The molecule has 10 nitrogen and oxygen atoms in total. The summed E-state index contributed by atoms with van der Waals surface area (Å²) >= 11 is 0. The average Bonchev–Trinajstić information content (AvgIpc) is 3.58. The van der Waals surface area contributed by atoms with Crippen LogP contribution in [-0.4, -0.2) is 77.1 Å². The molecule has 1 aromatic carbocycles. The van der Waals surface area contributed by atoms with Crippen molar-refractivity contribution < 1.29 is 14.9 Å². The van der Waals surface area contributed by atoms with Gasteiger partial charge in [0.15, 0.2) is 5.72 Å². The Bertz CT molecular complexity index is 1530. The van der Waals surface area contributed by atoms with Crippen molar-refractivity contribution in [3.63, 3.8) is 0 Å². The van der Waals surface area contributed by atoms with Crippen molar-refractivity contribution in [2.24, 2.45) is 5.92 Å². The van der Waals surface area contributed by atoms with Gasteiger partial charge in [-0.05, 0) is 68.2 Å². The third-order valence-corrected chi connectivity index (χ3v) is 9.19. The Morgan fingerprint density at radius 3 is 2.73 bits per heavy atom. The smallest absolute Gasteiger partial charge is 0.195 e. The number of ether oxygens (including phenoxy) is 1. The topological polar surface area (TPSA) is 138 Å². The van der Waals surface area contributed by atoms with Crippen LogP contribution >= 0.6 is 0 Å². The zero-order chi connectivity index (χ0) is 29.1. The molecule has 2 aliphatic rings. The monoisotopic (exact) mass is 561 g/mol. The van der Waals surface area contributed by atoms with E-state index in [0.29, 0.717) is 35.4 Å². The van der Waals surface area contributed by atoms with Gasteiger partial charge in [-0.15, -0.1) is 0 Å². The first-order valence-corrected chi connectivity index (χ1v) is 14.8. The molecule has 6 rings (SSSR count). The van der Waals surface area contributed by atoms with Gasteiger partial charge in [0.05, 0.1) is 23.0 Å². The summed E-state index contributed by atoms with van der Waals surface area (Å²) in [6, 6.07) is 9.01. The van der Waals surface area contributed by atoms with Crippen molar-refractivity contribution in [3.05, 3.63) is 48.2 Å². The van der Waals surface area contributed by atoms with Crippen molar-refractivity contribution in [2.45, 2.75) is 95.7 Å². The number of H-pyrrole nitrogens is 1. The number of aromatic amines is 1. The molecule has 1 aliphatic carbocycles. The van der Waals surface area contributed by atoms with E-state index < -0.39 is 17.9 Å². The number of aryl methyl sites for hydroxylation is 1. The zero-order valence-electron chi connectivity index (χ0n) is 24.7. The highest BCUT2D eigenvalue weighted by Crippen LogP contribution is 2.39. The summed E-state index contributed by atoms with van der Waals surface area (Å²) in [4.78, 5) is 19.1. The number of aliphatic hydroxyl groups is 2. The molecule has 1 aliphatic heterocycles. The summed E-state index contributed by atoms with van der Waals surface area (Å²) in [5, 5.41) is 23.5.